The minimum atomic E-state index is -0.842. The maximum atomic E-state index is 12.9. The van der Waals surface area contributed by atoms with Crippen molar-refractivity contribution in [2.45, 2.75) is 46.2 Å². The van der Waals surface area contributed by atoms with Gasteiger partial charge in [-0.25, -0.2) is 0 Å². The van der Waals surface area contributed by atoms with E-state index in [-0.39, 0.29) is 30.1 Å². The number of nitrogens with zero attached hydrogens (tertiary/aromatic N) is 2. The van der Waals surface area contributed by atoms with E-state index in [0.29, 0.717) is 47.7 Å². The summed E-state index contributed by atoms with van der Waals surface area (Å²) in [6.45, 7) is 6.83. The summed E-state index contributed by atoms with van der Waals surface area (Å²) in [7, 11) is 0. The van der Waals surface area contributed by atoms with Gasteiger partial charge in [0.1, 0.15) is 0 Å². The highest BCUT2D eigenvalue weighted by Crippen LogP contribution is 2.38. The van der Waals surface area contributed by atoms with Crippen LogP contribution in [0.3, 0.4) is 0 Å². The van der Waals surface area contributed by atoms with Crippen molar-refractivity contribution in [2.24, 2.45) is 11.5 Å². The van der Waals surface area contributed by atoms with Crippen molar-refractivity contribution in [3.8, 4) is 11.5 Å². The Labute approximate surface area is 254 Å². The van der Waals surface area contributed by atoms with Gasteiger partial charge in [-0.2, -0.15) is 0 Å². The maximum Gasteiger partial charge on any atom is 0.269 e. The standard InChI is InChI=1S/C32H36N6O6/c1-4-22-20(17-36-32(40)25(33)14-19-10-12-21(13-11-19)38(41)42)8-7-9-26(22)37-30-23-15-28(43-5-2)29(44-6-3)16-27(23)35-18-24(30)31(34)39/h7-13,15-16,18,25H,4-6,14,17,33H2,1-3H3,(H2,34,39)(H,35,37)(H,36,40)/t25-/m0/s1. The normalized spacial score (nSPS) is 11.5. The van der Waals surface area contributed by atoms with E-state index >= 15 is 0 Å². The van der Waals surface area contributed by atoms with E-state index < -0.39 is 16.9 Å². The number of anilines is 2. The lowest BCUT2D eigenvalue weighted by Crippen LogP contribution is -2.41. The number of carbonyl (C=O) groups is 2. The molecule has 4 rings (SSSR count). The second-order valence-corrected chi connectivity index (χ2v) is 9.97. The van der Waals surface area contributed by atoms with Crippen LogP contribution in [0.1, 0.15) is 47.8 Å². The largest absolute Gasteiger partial charge is 0.490 e. The quantitative estimate of drug-likeness (QED) is 0.119. The van der Waals surface area contributed by atoms with Crippen LogP contribution in [-0.2, 0) is 24.2 Å². The molecule has 3 aromatic carbocycles. The lowest BCUT2D eigenvalue weighted by molar-refractivity contribution is -0.384. The van der Waals surface area contributed by atoms with Crippen LogP contribution in [0, 0.1) is 10.1 Å². The zero-order chi connectivity index (χ0) is 31.8. The zero-order valence-electron chi connectivity index (χ0n) is 24.9. The molecule has 0 fully saturated rings. The number of nitrogens with one attached hydrogen (secondary N) is 2. The number of benzene rings is 3. The number of nitro benzene ring substituents is 1. The summed E-state index contributed by atoms with van der Waals surface area (Å²) in [5.74, 6) is 0.0714. The number of carbonyl (C=O) groups excluding carboxylic acids is 2. The fourth-order valence-corrected chi connectivity index (χ4v) is 4.94. The molecule has 12 heteroatoms. The summed E-state index contributed by atoms with van der Waals surface area (Å²) < 4.78 is 11.6. The molecule has 0 spiro atoms. The van der Waals surface area contributed by atoms with Crippen molar-refractivity contribution >= 4 is 39.8 Å². The Morgan fingerprint density at radius 2 is 1.70 bits per heavy atom. The van der Waals surface area contributed by atoms with Crippen LogP contribution in [0.5, 0.6) is 11.5 Å². The summed E-state index contributed by atoms with van der Waals surface area (Å²) in [6, 6.07) is 14.3. The molecule has 2 amide bonds. The van der Waals surface area contributed by atoms with Crippen molar-refractivity contribution in [3.63, 3.8) is 0 Å². The summed E-state index contributed by atoms with van der Waals surface area (Å²) in [4.78, 5) is 40.2. The molecule has 0 aliphatic carbocycles. The van der Waals surface area contributed by atoms with Crippen molar-refractivity contribution in [1.29, 1.82) is 0 Å². The molecule has 1 aromatic heterocycles. The Morgan fingerprint density at radius 3 is 2.32 bits per heavy atom. The van der Waals surface area contributed by atoms with Gasteiger partial charge in [-0.05, 0) is 55.5 Å². The Kier molecular flexibility index (Phi) is 10.3. The number of pyridine rings is 1. The maximum absolute atomic E-state index is 12.9. The van der Waals surface area contributed by atoms with Gasteiger partial charge >= 0.3 is 0 Å². The second kappa shape index (κ2) is 14.3. The Morgan fingerprint density at radius 1 is 1.02 bits per heavy atom. The molecule has 230 valence electrons. The summed E-state index contributed by atoms with van der Waals surface area (Å²) in [5.41, 5.74) is 16.4. The van der Waals surface area contributed by atoms with Gasteiger partial charge in [0.15, 0.2) is 11.5 Å². The van der Waals surface area contributed by atoms with Crippen LogP contribution in [0.15, 0.2) is 60.8 Å². The van der Waals surface area contributed by atoms with Crippen molar-refractivity contribution in [1.82, 2.24) is 10.3 Å². The molecule has 12 nitrogen and oxygen atoms in total. The molecule has 44 heavy (non-hydrogen) atoms. The van der Waals surface area contributed by atoms with Crippen LogP contribution in [0.4, 0.5) is 17.1 Å². The van der Waals surface area contributed by atoms with E-state index in [0.717, 1.165) is 22.4 Å². The molecule has 0 aliphatic heterocycles. The number of hydrogen-bond acceptors (Lipinski definition) is 9. The minimum Gasteiger partial charge on any atom is -0.490 e. The average Bonchev–Trinajstić information content (AvgIpc) is 3.00. The van der Waals surface area contributed by atoms with E-state index in [2.05, 4.69) is 15.6 Å². The van der Waals surface area contributed by atoms with Gasteiger partial charge in [0.05, 0.1) is 40.9 Å². The van der Waals surface area contributed by atoms with Gasteiger partial charge in [-0.3, -0.25) is 24.7 Å². The second-order valence-electron chi connectivity index (χ2n) is 9.97. The molecule has 0 bridgehead atoms. The van der Waals surface area contributed by atoms with Crippen molar-refractivity contribution in [2.75, 3.05) is 18.5 Å². The molecule has 6 N–H and O–H groups in total. The highest BCUT2D eigenvalue weighted by atomic mass is 16.6. The van der Waals surface area contributed by atoms with Gasteiger partial charge in [-0.15, -0.1) is 0 Å². The van der Waals surface area contributed by atoms with Gasteiger partial charge in [0, 0.05) is 42.0 Å². The number of non-ortho nitro benzene ring substituents is 1. The minimum absolute atomic E-state index is 0.0277. The third-order valence-corrected chi connectivity index (χ3v) is 7.08. The summed E-state index contributed by atoms with van der Waals surface area (Å²) in [5, 5.41) is 17.8. The van der Waals surface area contributed by atoms with Gasteiger partial charge in [0.25, 0.3) is 11.6 Å². The zero-order valence-corrected chi connectivity index (χ0v) is 24.9. The number of rotatable bonds is 14. The lowest BCUT2D eigenvalue weighted by Gasteiger charge is -2.20. The van der Waals surface area contributed by atoms with Gasteiger partial charge < -0.3 is 31.6 Å². The first-order valence-electron chi connectivity index (χ1n) is 14.3. The number of primary amides is 1. The molecule has 1 heterocycles. The summed E-state index contributed by atoms with van der Waals surface area (Å²) in [6.07, 6.45) is 2.29. The number of aromatic nitrogens is 1. The fourth-order valence-electron chi connectivity index (χ4n) is 4.94. The average molecular weight is 601 g/mol. The molecule has 4 aromatic rings. The first-order chi connectivity index (χ1) is 21.2. The third kappa shape index (κ3) is 7.21. The Balaban J connectivity index is 1.60. The van der Waals surface area contributed by atoms with Crippen LogP contribution in [-0.4, -0.2) is 41.0 Å². The summed E-state index contributed by atoms with van der Waals surface area (Å²) >= 11 is 0. The predicted molar refractivity (Wildman–Crippen MR) is 168 cm³/mol. The molecule has 0 radical (unpaired) electrons. The van der Waals surface area contributed by atoms with Crippen molar-refractivity contribution in [3.05, 3.63) is 93.2 Å². The molecule has 0 aliphatic rings. The monoisotopic (exact) mass is 600 g/mol. The molecule has 0 saturated carbocycles. The highest BCUT2D eigenvalue weighted by Gasteiger charge is 2.20. The fraction of sp³-hybridized carbons (Fsp3) is 0.281. The van der Waals surface area contributed by atoms with E-state index in [1.54, 1.807) is 24.3 Å². The van der Waals surface area contributed by atoms with Crippen LogP contribution >= 0.6 is 0 Å². The van der Waals surface area contributed by atoms with Gasteiger partial charge in [0.2, 0.25) is 5.91 Å². The number of nitrogens with two attached hydrogens (primary N) is 2. The molecule has 0 saturated heterocycles. The van der Waals surface area contributed by atoms with Gasteiger partial charge in [-0.1, -0.05) is 31.2 Å². The molecular weight excluding hydrogens is 564 g/mol. The molecule has 1 atom stereocenters. The molecular formula is C32H36N6O6. The van der Waals surface area contributed by atoms with Crippen molar-refractivity contribution < 1.29 is 24.0 Å². The number of ether oxygens (including phenoxy) is 2. The van der Waals surface area contributed by atoms with Crippen LogP contribution in [0.2, 0.25) is 0 Å². The number of hydrogen-bond donors (Lipinski definition) is 4. The molecule has 0 unspecified atom stereocenters. The van der Waals surface area contributed by atoms with E-state index in [1.807, 2.05) is 39.0 Å². The predicted octanol–water partition coefficient (Wildman–Crippen LogP) is 4.53. The topological polar surface area (TPSA) is 185 Å². The number of fused-ring (bicyclic) bond motifs is 1. The first kappa shape index (κ1) is 31.7. The SMILES string of the molecule is CCOc1cc2ncc(C(N)=O)c(Nc3cccc(CNC(=O)[C@@H](N)Cc4ccc([N+](=O)[O-])cc4)c3CC)c2cc1OCC. The van der Waals surface area contributed by atoms with Crippen LogP contribution < -0.4 is 31.6 Å². The first-order valence-corrected chi connectivity index (χ1v) is 14.3. The van der Waals surface area contributed by atoms with E-state index in [9.17, 15) is 19.7 Å². The third-order valence-electron chi connectivity index (χ3n) is 7.08. The van der Waals surface area contributed by atoms with E-state index in [4.69, 9.17) is 20.9 Å². The lowest BCUT2D eigenvalue weighted by atomic mass is 10.0. The smallest absolute Gasteiger partial charge is 0.269 e. The highest BCUT2D eigenvalue weighted by molar-refractivity contribution is 6.08. The number of amides is 2. The van der Waals surface area contributed by atoms with Crippen LogP contribution in [0.25, 0.3) is 10.9 Å². The Hall–Kier alpha value is -5.23. The van der Waals surface area contributed by atoms with E-state index in [1.165, 1.54) is 18.3 Å². The number of nitro groups is 1. The Bertz CT molecular complexity index is 1670.